The van der Waals surface area contributed by atoms with Gasteiger partial charge in [0.1, 0.15) is 12.1 Å². The number of hydrogen-bond acceptors (Lipinski definition) is 6. The number of rotatable bonds is 10. The van der Waals surface area contributed by atoms with Crippen LogP contribution in [-0.4, -0.2) is 39.1 Å². The molecule has 1 heterocycles. The summed E-state index contributed by atoms with van der Waals surface area (Å²) >= 11 is 5.85. The molecule has 1 unspecified atom stereocenters. The molecule has 0 aliphatic carbocycles. The normalized spacial score (nSPS) is 12.4. The van der Waals surface area contributed by atoms with Crippen molar-refractivity contribution in [2.75, 3.05) is 11.9 Å². The number of nitrogens with zero attached hydrogens (tertiary/aromatic N) is 3. The highest BCUT2D eigenvalue weighted by molar-refractivity contribution is 6.30. The first-order valence-corrected chi connectivity index (χ1v) is 11.4. The van der Waals surface area contributed by atoms with Gasteiger partial charge in [0.2, 0.25) is 0 Å². The van der Waals surface area contributed by atoms with Gasteiger partial charge in [-0.1, -0.05) is 35.9 Å². The van der Waals surface area contributed by atoms with Crippen LogP contribution in [0.3, 0.4) is 0 Å². The van der Waals surface area contributed by atoms with Gasteiger partial charge in [-0.05, 0) is 73.5 Å². The molecule has 36 heavy (non-hydrogen) atoms. The molecule has 0 amide bonds. The van der Waals surface area contributed by atoms with Gasteiger partial charge in [-0.2, -0.15) is 0 Å². The van der Waals surface area contributed by atoms with E-state index in [0.717, 1.165) is 29.7 Å². The molecule has 0 saturated carbocycles. The van der Waals surface area contributed by atoms with Crippen LogP contribution < -0.4 is 15.4 Å². The van der Waals surface area contributed by atoms with E-state index in [1.54, 1.807) is 24.3 Å². The minimum Gasteiger partial charge on any atom is -0.406 e. The van der Waals surface area contributed by atoms with Crippen LogP contribution >= 0.6 is 11.6 Å². The highest BCUT2D eigenvalue weighted by Gasteiger charge is 2.31. The topological polar surface area (TPSA) is 84.2 Å². The van der Waals surface area contributed by atoms with Gasteiger partial charge in [-0.3, -0.25) is 5.32 Å². The van der Waals surface area contributed by atoms with Crippen LogP contribution in [0.1, 0.15) is 12.0 Å². The Balaban J connectivity index is 1.25. The molecule has 3 aromatic carbocycles. The standard InChI is InChI=1S/C25H23ClF3N5O2/c26-19-7-9-20(10-8-19)32-24(35)30-15-1-2-17-3-5-18(6-4-17)23-31-16-34(33-23)21-11-13-22(14-12-21)36-25(27,28)29/h3-14,16,24,30,32,35H,1-2,15H2. The fourth-order valence-corrected chi connectivity index (χ4v) is 3.55. The lowest BCUT2D eigenvalue weighted by Gasteiger charge is -2.15. The maximum absolute atomic E-state index is 12.3. The van der Waals surface area contributed by atoms with Crippen LogP contribution in [0.25, 0.3) is 17.1 Å². The largest absolute Gasteiger partial charge is 0.573 e. The van der Waals surface area contributed by atoms with Crippen molar-refractivity contribution in [3.8, 4) is 22.8 Å². The van der Waals surface area contributed by atoms with Crippen LogP contribution in [0.5, 0.6) is 5.75 Å². The number of alkyl halides is 3. The van der Waals surface area contributed by atoms with E-state index in [1.807, 2.05) is 24.3 Å². The van der Waals surface area contributed by atoms with Gasteiger partial charge >= 0.3 is 6.36 Å². The minimum atomic E-state index is -4.74. The molecule has 0 fully saturated rings. The van der Waals surface area contributed by atoms with E-state index in [2.05, 4.69) is 25.5 Å². The van der Waals surface area contributed by atoms with E-state index in [1.165, 1.54) is 35.3 Å². The van der Waals surface area contributed by atoms with Crippen molar-refractivity contribution < 1.29 is 23.0 Å². The molecule has 0 aliphatic heterocycles. The third-order valence-corrected chi connectivity index (χ3v) is 5.42. The van der Waals surface area contributed by atoms with Gasteiger partial charge in [-0.25, -0.2) is 9.67 Å². The van der Waals surface area contributed by atoms with E-state index in [4.69, 9.17) is 11.6 Å². The highest BCUT2D eigenvalue weighted by atomic mass is 35.5. The van der Waals surface area contributed by atoms with Gasteiger partial charge in [0.15, 0.2) is 12.2 Å². The first-order valence-electron chi connectivity index (χ1n) is 11.1. The molecule has 4 aromatic rings. The average Bonchev–Trinajstić information content (AvgIpc) is 3.34. The number of anilines is 1. The lowest BCUT2D eigenvalue weighted by molar-refractivity contribution is -0.274. The Bertz CT molecular complexity index is 1250. The van der Waals surface area contributed by atoms with Gasteiger partial charge in [0, 0.05) is 16.3 Å². The summed E-state index contributed by atoms with van der Waals surface area (Å²) in [5, 5.41) is 21.0. The summed E-state index contributed by atoms with van der Waals surface area (Å²) in [7, 11) is 0. The zero-order valence-electron chi connectivity index (χ0n) is 18.9. The molecular weight excluding hydrogens is 495 g/mol. The number of aromatic nitrogens is 3. The number of aliphatic hydroxyl groups excluding tert-OH is 1. The maximum Gasteiger partial charge on any atom is 0.573 e. The number of aliphatic hydroxyl groups is 1. The first-order chi connectivity index (χ1) is 17.2. The molecule has 188 valence electrons. The fraction of sp³-hybridized carbons (Fsp3) is 0.200. The predicted octanol–water partition coefficient (Wildman–Crippen LogP) is 5.40. The van der Waals surface area contributed by atoms with Crippen LogP contribution in [0, 0.1) is 0 Å². The van der Waals surface area contributed by atoms with Crippen molar-refractivity contribution in [3.05, 3.63) is 89.7 Å². The Kier molecular flexibility index (Phi) is 8.09. The molecule has 0 saturated heterocycles. The SMILES string of the molecule is OC(NCCCc1ccc(-c2ncn(-c3ccc(OC(F)(F)F)cc3)n2)cc1)Nc1ccc(Cl)cc1. The maximum atomic E-state index is 12.3. The summed E-state index contributed by atoms with van der Waals surface area (Å²) in [6, 6.07) is 20.3. The Morgan fingerprint density at radius 1 is 0.972 bits per heavy atom. The van der Waals surface area contributed by atoms with Crippen LogP contribution in [0.4, 0.5) is 18.9 Å². The van der Waals surface area contributed by atoms with Gasteiger partial charge in [-0.15, -0.1) is 18.3 Å². The van der Waals surface area contributed by atoms with E-state index in [9.17, 15) is 18.3 Å². The number of benzene rings is 3. The lowest BCUT2D eigenvalue weighted by Crippen LogP contribution is -2.36. The molecule has 1 aromatic heterocycles. The molecule has 7 nitrogen and oxygen atoms in total. The number of nitrogens with one attached hydrogen (secondary N) is 2. The van der Waals surface area contributed by atoms with Crippen molar-refractivity contribution in [1.29, 1.82) is 0 Å². The highest BCUT2D eigenvalue weighted by Crippen LogP contribution is 2.24. The molecule has 4 rings (SSSR count). The monoisotopic (exact) mass is 517 g/mol. The second-order valence-corrected chi connectivity index (χ2v) is 8.30. The Labute approximate surface area is 210 Å². The predicted molar refractivity (Wildman–Crippen MR) is 131 cm³/mol. The molecule has 1 atom stereocenters. The van der Waals surface area contributed by atoms with Gasteiger partial charge in [0.05, 0.1) is 5.69 Å². The fourth-order valence-electron chi connectivity index (χ4n) is 3.43. The molecule has 3 N–H and O–H groups in total. The number of aryl methyl sites for hydroxylation is 1. The second-order valence-electron chi connectivity index (χ2n) is 7.86. The molecular formula is C25H23ClF3N5O2. The van der Waals surface area contributed by atoms with Crippen LogP contribution in [0.2, 0.25) is 5.02 Å². The van der Waals surface area contributed by atoms with E-state index < -0.39 is 12.7 Å². The lowest BCUT2D eigenvalue weighted by atomic mass is 10.1. The molecule has 0 bridgehead atoms. The summed E-state index contributed by atoms with van der Waals surface area (Å²) in [6.45, 7) is 0.613. The van der Waals surface area contributed by atoms with Gasteiger partial charge < -0.3 is 15.2 Å². The Hall–Kier alpha value is -3.60. The summed E-state index contributed by atoms with van der Waals surface area (Å²) in [5.41, 5.74) is 3.26. The third-order valence-electron chi connectivity index (χ3n) is 5.17. The van der Waals surface area contributed by atoms with Crippen molar-refractivity contribution >= 4 is 17.3 Å². The van der Waals surface area contributed by atoms with Gasteiger partial charge in [0.25, 0.3) is 0 Å². The molecule has 11 heteroatoms. The molecule has 0 aliphatic rings. The summed E-state index contributed by atoms with van der Waals surface area (Å²) < 4.78 is 42.3. The summed E-state index contributed by atoms with van der Waals surface area (Å²) in [6.07, 6.45) is -2.48. The number of ether oxygens (including phenoxy) is 1. The number of hydrogen-bond donors (Lipinski definition) is 3. The van der Waals surface area contributed by atoms with Crippen molar-refractivity contribution in [1.82, 2.24) is 20.1 Å². The molecule has 0 radical (unpaired) electrons. The first kappa shape index (κ1) is 25.5. The summed E-state index contributed by atoms with van der Waals surface area (Å²) in [5.74, 6) is 0.194. The quantitative estimate of drug-likeness (QED) is 0.193. The van der Waals surface area contributed by atoms with Crippen LogP contribution in [-0.2, 0) is 6.42 Å². The number of halogens is 4. The zero-order valence-corrected chi connectivity index (χ0v) is 19.7. The zero-order chi connectivity index (χ0) is 25.5. The molecule has 0 spiro atoms. The third kappa shape index (κ3) is 7.45. The van der Waals surface area contributed by atoms with Crippen molar-refractivity contribution in [2.24, 2.45) is 0 Å². The van der Waals surface area contributed by atoms with E-state index in [0.29, 0.717) is 23.1 Å². The smallest absolute Gasteiger partial charge is 0.406 e. The van der Waals surface area contributed by atoms with Crippen molar-refractivity contribution in [3.63, 3.8) is 0 Å². The van der Waals surface area contributed by atoms with Crippen molar-refractivity contribution in [2.45, 2.75) is 25.6 Å². The van der Waals surface area contributed by atoms with E-state index >= 15 is 0 Å². The van der Waals surface area contributed by atoms with Crippen LogP contribution in [0.15, 0.2) is 79.1 Å². The Morgan fingerprint density at radius 2 is 1.67 bits per heavy atom. The summed E-state index contributed by atoms with van der Waals surface area (Å²) in [4.78, 5) is 4.30. The average molecular weight is 518 g/mol. The second kappa shape index (κ2) is 11.4. The Morgan fingerprint density at radius 3 is 2.33 bits per heavy atom. The minimum absolute atomic E-state index is 0.301. The van der Waals surface area contributed by atoms with E-state index in [-0.39, 0.29) is 5.75 Å².